The van der Waals surface area contributed by atoms with Crippen molar-refractivity contribution >= 4 is 27.6 Å². The van der Waals surface area contributed by atoms with Crippen LogP contribution in [0.5, 0.6) is 11.5 Å². The summed E-state index contributed by atoms with van der Waals surface area (Å²) < 4.78 is 66.2. The number of hydrogen-bond donors (Lipinski definition) is 3. The number of aromatic amines is 1. The van der Waals surface area contributed by atoms with Crippen LogP contribution in [0.15, 0.2) is 69.4 Å². The molecule has 20 nitrogen and oxygen atoms in total. The van der Waals surface area contributed by atoms with Gasteiger partial charge in [0.1, 0.15) is 17.7 Å². The summed E-state index contributed by atoms with van der Waals surface area (Å²) in [4.78, 5) is 64.5. The first-order valence-electron chi connectivity index (χ1n) is 19.4. The standard InChI is InChI=1S/C38H51N5O14P2.H3N/c1-4-6-8-10-12-35(44)54-30-18-14-28(15-19-30)24-52-59(50,53-25-29-16-20-31(21-17-29)55-36(45)13-11-9-7-5-2)57-58(48,49)51-26-33-32(41-42-39)22-34(56-33)43-23-27(3)37(46)40-38(43)47;/h14-21,23,32-34H,4-13,22,24-26H2,1-3H3,(H,48,49)(H,40,46,47);1H3/t32-,33+,34+;/m0./s1. The smallest absolute Gasteiger partial charge is 0.427 e. The van der Waals surface area contributed by atoms with E-state index in [1.807, 2.05) is 0 Å². The molecule has 0 amide bonds. The van der Waals surface area contributed by atoms with E-state index < -0.39 is 65.1 Å². The second-order valence-corrected chi connectivity index (χ2v) is 17.1. The van der Waals surface area contributed by atoms with Crippen LogP contribution in [0.3, 0.4) is 0 Å². The molecule has 0 aliphatic carbocycles. The molecule has 1 aliphatic heterocycles. The Kier molecular flexibility index (Phi) is 20.6. The minimum absolute atomic E-state index is 0. The maximum atomic E-state index is 14.0. The Hall–Kier alpha value is -4.45. The van der Waals surface area contributed by atoms with E-state index in [1.54, 1.807) is 0 Å². The highest BCUT2D eigenvalue weighted by Crippen LogP contribution is 2.64. The van der Waals surface area contributed by atoms with Gasteiger partial charge in [-0.15, -0.1) is 0 Å². The molecule has 0 radical (unpaired) electrons. The number of carbonyl (C=O) groups excluding carboxylic acids is 2. The van der Waals surface area contributed by atoms with Gasteiger partial charge in [0.2, 0.25) is 0 Å². The molecule has 1 unspecified atom stereocenters. The van der Waals surface area contributed by atoms with Crippen LogP contribution in [0.25, 0.3) is 10.4 Å². The minimum atomic E-state index is -5.30. The van der Waals surface area contributed by atoms with E-state index in [1.165, 1.54) is 61.7 Å². The second-order valence-electron chi connectivity index (χ2n) is 13.8. The zero-order chi connectivity index (χ0) is 42.8. The van der Waals surface area contributed by atoms with E-state index in [-0.39, 0.29) is 54.4 Å². The third-order valence-electron chi connectivity index (χ3n) is 9.02. The average Bonchev–Trinajstić information content (AvgIpc) is 3.60. The summed E-state index contributed by atoms with van der Waals surface area (Å²) in [6.07, 6.45) is 6.91. The maximum absolute atomic E-state index is 14.0. The molecule has 22 heteroatoms. The Bertz CT molecular complexity index is 2030. The molecule has 4 rings (SSSR count). The molecular weight excluding hydrogens is 826 g/mol. The Morgan fingerprint density at radius 3 is 1.87 bits per heavy atom. The number of nitrogens with one attached hydrogen (secondary N) is 1. The summed E-state index contributed by atoms with van der Waals surface area (Å²) in [5.74, 6) is -0.207. The van der Waals surface area contributed by atoms with Crippen LogP contribution in [0.4, 0.5) is 0 Å². The summed E-state index contributed by atoms with van der Waals surface area (Å²) in [5, 5.41) is 3.65. The first-order chi connectivity index (χ1) is 28.2. The van der Waals surface area contributed by atoms with Crippen molar-refractivity contribution in [1.82, 2.24) is 15.7 Å². The van der Waals surface area contributed by atoms with Crippen LogP contribution in [0, 0.1) is 6.92 Å². The number of nitrogens with zero attached hydrogens (tertiary/aromatic N) is 4. The number of ether oxygens (including phenoxy) is 3. The molecule has 0 bridgehead atoms. The van der Waals surface area contributed by atoms with Gasteiger partial charge >= 0.3 is 33.3 Å². The van der Waals surface area contributed by atoms with E-state index >= 15 is 0 Å². The molecule has 5 N–H and O–H groups in total. The molecule has 1 saturated heterocycles. The number of benzene rings is 2. The van der Waals surface area contributed by atoms with Gasteiger partial charge < -0.3 is 25.3 Å². The average molecular weight is 881 g/mol. The van der Waals surface area contributed by atoms with E-state index in [0.29, 0.717) is 24.0 Å². The van der Waals surface area contributed by atoms with Gasteiger partial charge in [-0.2, -0.15) is 4.31 Å². The lowest BCUT2D eigenvalue weighted by molar-refractivity contribution is -0.135. The lowest BCUT2D eigenvalue weighted by Gasteiger charge is -2.22. The lowest BCUT2D eigenvalue weighted by atomic mass is 10.1. The Morgan fingerprint density at radius 1 is 0.867 bits per heavy atom. The fourth-order valence-corrected chi connectivity index (χ4v) is 8.40. The van der Waals surface area contributed by atoms with Crippen LogP contribution in [0.1, 0.15) is 107 Å². The molecule has 0 saturated carbocycles. The first-order valence-corrected chi connectivity index (χ1v) is 22.4. The van der Waals surface area contributed by atoms with Gasteiger partial charge in [0.15, 0.2) is 0 Å². The van der Waals surface area contributed by atoms with Gasteiger partial charge in [-0.1, -0.05) is 81.8 Å². The van der Waals surface area contributed by atoms with Gasteiger partial charge in [-0.25, -0.2) is 13.9 Å². The van der Waals surface area contributed by atoms with E-state index in [2.05, 4.69) is 28.9 Å². The van der Waals surface area contributed by atoms with Gasteiger partial charge in [-0.3, -0.25) is 37.5 Å². The molecule has 4 atom stereocenters. The molecule has 60 heavy (non-hydrogen) atoms. The summed E-state index contributed by atoms with van der Waals surface area (Å²) in [6.45, 7) is 3.99. The predicted octanol–water partition coefficient (Wildman–Crippen LogP) is 8.40. The van der Waals surface area contributed by atoms with Gasteiger partial charge in [-0.05, 0) is 60.7 Å². The van der Waals surface area contributed by atoms with Gasteiger partial charge in [0.05, 0.1) is 32.0 Å². The highest BCUT2D eigenvalue weighted by molar-refractivity contribution is 7.61. The Balaban J connectivity index is 0.00000961. The van der Waals surface area contributed by atoms with Crippen molar-refractivity contribution in [2.24, 2.45) is 5.11 Å². The maximum Gasteiger partial charge on any atom is 0.484 e. The third-order valence-corrected chi connectivity index (χ3v) is 12.0. The molecule has 330 valence electrons. The number of aryl methyl sites for hydroxylation is 1. The number of esters is 2. The fourth-order valence-electron chi connectivity index (χ4n) is 5.80. The predicted molar refractivity (Wildman–Crippen MR) is 218 cm³/mol. The normalized spacial score (nSPS) is 17.2. The quantitative estimate of drug-likeness (QED) is 0.0137. The summed E-state index contributed by atoms with van der Waals surface area (Å²) in [6, 6.07) is 11.2. The number of phosphoric ester groups is 2. The minimum Gasteiger partial charge on any atom is -0.427 e. The van der Waals surface area contributed by atoms with E-state index in [9.17, 15) is 33.2 Å². The van der Waals surface area contributed by atoms with Crippen molar-refractivity contribution in [1.29, 1.82) is 0 Å². The largest absolute Gasteiger partial charge is 0.484 e. The number of phosphoric acid groups is 2. The number of azide groups is 1. The fraction of sp³-hybridized carbons (Fsp3) is 0.526. The number of aromatic nitrogens is 2. The number of unbranched alkanes of at least 4 members (excludes halogenated alkanes) is 6. The van der Waals surface area contributed by atoms with Crippen LogP contribution in [-0.2, 0) is 54.6 Å². The van der Waals surface area contributed by atoms with Crippen LogP contribution in [0.2, 0.25) is 0 Å². The molecule has 1 fully saturated rings. The Labute approximate surface area is 347 Å². The van der Waals surface area contributed by atoms with Gasteiger partial charge in [0.25, 0.3) is 5.56 Å². The lowest BCUT2D eigenvalue weighted by Crippen LogP contribution is -2.33. The summed E-state index contributed by atoms with van der Waals surface area (Å²) >= 11 is 0. The number of carbonyl (C=O) groups is 2. The molecule has 0 spiro atoms. The number of H-pyrrole nitrogens is 1. The second kappa shape index (κ2) is 24.7. The molecular formula is C38H54N6O14P2. The zero-order valence-corrected chi connectivity index (χ0v) is 35.8. The number of hydrogen-bond acceptors (Lipinski definition) is 15. The van der Waals surface area contributed by atoms with Crippen LogP contribution in [-0.4, -0.2) is 45.1 Å². The van der Waals surface area contributed by atoms with Crippen LogP contribution >= 0.6 is 15.6 Å². The van der Waals surface area contributed by atoms with Crippen molar-refractivity contribution in [2.45, 2.75) is 123 Å². The van der Waals surface area contributed by atoms with Crippen molar-refractivity contribution < 1.29 is 55.7 Å². The first kappa shape index (κ1) is 49.9. The van der Waals surface area contributed by atoms with E-state index in [0.717, 1.165) is 43.1 Å². The molecule has 2 aromatic carbocycles. The SMILES string of the molecule is CCCCCCC(=O)Oc1ccc(COP(=O)(OCc2ccc(OC(=O)CCCCCC)cc2)OP(=O)(O)OC[C@H]2O[C@@H](n3cc(C)c(=O)[nH]c3=O)C[C@@H]2N=[N+]=[N-])cc1.N. The third kappa shape index (κ3) is 16.5. The highest BCUT2D eigenvalue weighted by atomic mass is 31.3. The zero-order valence-electron chi connectivity index (χ0n) is 34.0. The van der Waals surface area contributed by atoms with Crippen molar-refractivity contribution in [3.8, 4) is 11.5 Å². The molecule has 3 aromatic rings. The highest BCUT2D eigenvalue weighted by Gasteiger charge is 2.42. The summed E-state index contributed by atoms with van der Waals surface area (Å²) in [7, 11) is -10.3. The molecule has 2 heterocycles. The monoisotopic (exact) mass is 880 g/mol. The topological polar surface area (TPSA) is 292 Å². The Morgan fingerprint density at radius 2 is 1.38 bits per heavy atom. The van der Waals surface area contributed by atoms with Gasteiger partial charge in [0, 0.05) is 35.9 Å². The van der Waals surface area contributed by atoms with Crippen molar-refractivity contribution in [3.63, 3.8) is 0 Å². The van der Waals surface area contributed by atoms with Crippen LogP contribution < -0.4 is 26.9 Å². The van der Waals surface area contributed by atoms with Crippen molar-refractivity contribution in [2.75, 3.05) is 6.61 Å². The van der Waals surface area contributed by atoms with E-state index in [4.69, 9.17) is 37.6 Å². The number of rotatable bonds is 25. The molecule has 1 aromatic heterocycles. The van der Waals surface area contributed by atoms with Crippen molar-refractivity contribution in [3.05, 3.63) is 103 Å². The summed E-state index contributed by atoms with van der Waals surface area (Å²) in [5.41, 5.74) is 8.76. The molecule has 1 aliphatic rings.